The van der Waals surface area contributed by atoms with Crippen LogP contribution in [0.4, 0.5) is 0 Å². The first-order chi connectivity index (χ1) is 12.3. The molecule has 0 bridgehead atoms. The first-order valence-electron chi connectivity index (χ1n) is 9.18. The Labute approximate surface area is 149 Å². The quantitative estimate of drug-likeness (QED) is 0.809. The number of aryl methyl sites for hydroxylation is 1. The summed E-state index contributed by atoms with van der Waals surface area (Å²) in [5.74, 6) is 0.254. The minimum absolute atomic E-state index is 0.210. The lowest BCUT2D eigenvalue weighted by Gasteiger charge is -2.28. The van der Waals surface area contributed by atoms with Crippen molar-refractivity contribution in [2.45, 2.75) is 51.1 Å². The van der Waals surface area contributed by atoms with Gasteiger partial charge in [-0.1, -0.05) is 55.3 Å². The maximum absolute atomic E-state index is 12.7. The van der Waals surface area contributed by atoms with E-state index in [1.165, 1.54) is 24.7 Å². The van der Waals surface area contributed by atoms with Crippen LogP contribution in [-0.4, -0.2) is 38.2 Å². The number of aromatic nitrogens is 3. The molecule has 1 fully saturated rings. The van der Waals surface area contributed by atoms with Gasteiger partial charge in [0.25, 0.3) is 0 Å². The van der Waals surface area contributed by atoms with E-state index >= 15 is 0 Å². The van der Waals surface area contributed by atoms with E-state index in [0.29, 0.717) is 6.42 Å². The molecule has 2 aromatic rings. The lowest BCUT2D eigenvalue weighted by molar-refractivity contribution is -0.132. The van der Waals surface area contributed by atoms with E-state index in [0.717, 1.165) is 32.4 Å². The van der Waals surface area contributed by atoms with Crippen LogP contribution in [0.5, 0.6) is 0 Å². The number of hydrogen-bond donors (Lipinski definition) is 0. The van der Waals surface area contributed by atoms with Crippen molar-refractivity contribution in [3.63, 3.8) is 0 Å². The summed E-state index contributed by atoms with van der Waals surface area (Å²) in [6.07, 6.45) is 13.5. The Balaban J connectivity index is 1.59. The van der Waals surface area contributed by atoms with Crippen LogP contribution in [0, 0.1) is 0 Å². The van der Waals surface area contributed by atoms with Crippen molar-refractivity contribution in [1.29, 1.82) is 0 Å². The second-order valence-electron chi connectivity index (χ2n) is 6.54. The van der Waals surface area contributed by atoms with Crippen LogP contribution in [0.15, 0.2) is 49.1 Å². The van der Waals surface area contributed by atoms with Crippen LogP contribution in [0.1, 0.15) is 44.1 Å². The van der Waals surface area contributed by atoms with Crippen LogP contribution in [0.2, 0.25) is 0 Å². The molecule has 2 heterocycles. The van der Waals surface area contributed by atoms with E-state index in [1.807, 2.05) is 18.2 Å². The molecule has 1 aliphatic rings. The number of rotatable bonds is 6. The van der Waals surface area contributed by atoms with Crippen molar-refractivity contribution in [1.82, 2.24) is 19.7 Å². The van der Waals surface area contributed by atoms with Gasteiger partial charge in [0.1, 0.15) is 12.7 Å². The number of amides is 1. The summed E-state index contributed by atoms with van der Waals surface area (Å²) in [6.45, 7) is 1.61. The first kappa shape index (κ1) is 17.4. The van der Waals surface area contributed by atoms with Gasteiger partial charge in [0.15, 0.2) is 0 Å². The maximum atomic E-state index is 12.7. The van der Waals surface area contributed by atoms with Crippen molar-refractivity contribution >= 4 is 12.0 Å². The third-order valence-electron chi connectivity index (χ3n) is 4.67. The molecule has 1 saturated heterocycles. The monoisotopic (exact) mass is 338 g/mol. The Bertz CT molecular complexity index is 666. The first-order valence-corrected chi connectivity index (χ1v) is 9.18. The molecule has 0 radical (unpaired) electrons. The topological polar surface area (TPSA) is 51.0 Å². The molecule has 1 aromatic heterocycles. The van der Waals surface area contributed by atoms with Gasteiger partial charge in [0.2, 0.25) is 5.91 Å². The Morgan fingerprint density at radius 3 is 2.88 bits per heavy atom. The van der Waals surface area contributed by atoms with Crippen molar-refractivity contribution in [3.8, 4) is 0 Å². The average molecular weight is 338 g/mol. The molecule has 1 aliphatic heterocycles. The maximum Gasteiger partial charge on any atom is 0.223 e. The number of likely N-dealkylation sites (tertiary alicyclic amines) is 1. The zero-order chi connectivity index (χ0) is 17.3. The molecule has 25 heavy (non-hydrogen) atoms. The van der Waals surface area contributed by atoms with Gasteiger partial charge in [-0.05, 0) is 24.8 Å². The van der Waals surface area contributed by atoms with E-state index in [9.17, 15) is 4.79 Å². The van der Waals surface area contributed by atoms with Crippen LogP contribution in [-0.2, 0) is 11.3 Å². The minimum atomic E-state index is 0.210. The largest absolute Gasteiger partial charge is 0.336 e. The van der Waals surface area contributed by atoms with Crippen LogP contribution in [0.25, 0.3) is 6.08 Å². The van der Waals surface area contributed by atoms with Crippen LogP contribution in [0.3, 0.4) is 0 Å². The Kier molecular flexibility index (Phi) is 6.37. The van der Waals surface area contributed by atoms with E-state index in [2.05, 4.69) is 39.3 Å². The third-order valence-corrected chi connectivity index (χ3v) is 4.67. The third kappa shape index (κ3) is 5.28. The van der Waals surface area contributed by atoms with Gasteiger partial charge in [-0.25, -0.2) is 4.98 Å². The highest BCUT2D eigenvalue weighted by Crippen LogP contribution is 2.20. The Morgan fingerprint density at radius 2 is 2.08 bits per heavy atom. The molecule has 5 heteroatoms. The van der Waals surface area contributed by atoms with Gasteiger partial charge in [-0.2, -0.15) is 5.10 Å². The van der Waals surface area contributed by atoms with Crippen molar-refractivity contribution in [3.05, 3.63) is 54.6 Å². The van der Waals surface area contributed by atoms with Gasteiger partial charge >= 0.3 is 0 Å². The summed E-state index contributed by atoms with van der Waals surface area (Å²) < 4.78 is 1.78. The smallest absolute Gasteiger partial charge is 0.223 e. The highest BCUT2D eigenvalue weighted by Gasteiger charge is 2.23. The van der Waals surface area contributed by atoms with Gasteiger partial charge in [-0.15, -0.1) is 0 Å². The molecule has 1 aromatic carbocycles. The van der Waals surface area contributed by atoms with Crippen molar-refractivity contribution in [2.24, 2.45) is 0 Å². The number of benzene rings is 1. The molecule has 0 saturated carbocycles. The molecular formula is C20H26N4O. The van der Waals surface area contributed by atoms with Crippen LogP contribution < -0.4 is 0 Å². The molecule has 0 aliphatic carbocycles. The molecule has 1 amide bonds. The molecular weight excluding hydrogens is 312 g/mol. The zero-order valence-corrected chi connectivity index (χ0v) is 14.6. The normalized spacial score (nSPS) is 18.4. The summed E-state index contributed by atoms with van der Waals surface area (Å²) in [4.78, 5) is 18.8. The highest BCUT2D eigenvalue weighted by molar-refractivity contribution is 5.77. The van der Waals surface area contributed by atoms with Gasteiger partial charge in [-0.3, -0.25) is 9.48 Å². The Morgan fingerprint density at radius 1 is 1.20 bits per heavy atom. The highest BCUT2D eigenvalue weighted by atomic mass is 16.2. The summed E-state index contributed by atoms with van der Waals surface area (Å²) >= 11 is 0. The van der Waals surface area contributed by atoms with Gasteiger partial charge < -0.3 is 4.90 Å². The van der Waals surface area contributed by atoms with E-state index < -0.39 is 0 Å². The minimum Gasteiger partial charge on any atom is -0.336 e. The fourth-order valence-electron chi connectivity index (χ4n) is 3.31. The van der Waals surface area contributed by atoms with E-state index in [4.69, 9.17) is 0 Å². The van der Waals surface area contributed by atoms with Gasteiger partial charge in [0, 0.05) is 19.5 Å². The summed E-state index contributed by atoms with van der Waals surface area (Å²) in [7, 11) is 0. The molecule has 1 atom stereocenters. The van der Waals surface area contributed by atoms with Crippen molar-refractivity contribution in [2.75, 3.05) is 6.54 Å². The lowest BCUT2D eigenvalue weighted by atomic mass is 10.1. The molecule has 3 rings (SSSR count). The van der Waals surface area contributed by atoms with E-state index in [-0.39, 0.29) is 11.9 Å². The molecule has 1 unspecified atom stereocenters. The summed E-state index contributed by atoms with van der Waals surface area (Å²) in [5, 5.41) is 4.09. The zero-order valence-electron chi connectivity index (χ0n) is 14.6. The predicted octanol–water partition coefficient (Wildman–Crippen LogP) is 3.54. The summed E-state index contributed by atoms with van der Waals surface area (Å²) in [5.41, 5.74) is 1.19. The number of carbonyl (C=O) groups is 1. The lowest BCUT2D eigenvalue weighted by Crippen LogP contribution is -2.38. The fourth-order valence-corrected chi connectivity index (χ4v) is 3.31. The van der Waals surface area contributed by atoms with Crippen LogP contribution >= 0.6 is 0 Å². The van der Waals surface area contributed by atoms with E-state index in [1.54, 1.807) is 11.0 Å². The standard InChI is InChI=1S/C20H26N4O/c25-20(11-7-14-23-17-21-16-22-23)24-15-6-2-5-10-19(24)13-12-18-8-3-1-4-9-18/h1,3-4,8-9,12-13,16-17,19H,2,5-7,10-11,14-15H2. The molecule has 5 nitrogen and oxygen atoms in total. The average Bonchev–Trinajstić information content (AvgIpc) is 3.04. The number of carbonyl (C=O) groups excluding carboxylic acids is 1. The predicted molar refractivity (Wildman–Crippen MR) is 98.7 cm³/mol. The number of hydrogen-bond acceptors (Lipinski definition) is 3. The number of nitrogens with zero attached hydrogens (tertiary/aromatic N) is 4. The SMILES string of the molecule is O=C(CCCn1cncn1)N1CCCCCC1C=Cc1ccccc1. The Hall–Kier alpha value is -2.43. The fraction of sp³-hybridized carbons (Fsp3) is 0.450. The second-order valence-corrected chi connectivity index (χ2v) is 6.54. The van der Waals surface area contributed by atoms with Gasteiger partial charge in [0.05, 0.1) is 6.04 Å². The molecule has 0 spiro atoms. The molecule has 0 N–H and O–H groups in total. The van der Waals surface area contributed by atoms with Crippen molar-refractivity contribution < 1.29 is 4.79 Å². The summed E-state index contributed by atoms with van der Waals surface area (Å²) in [6, 6.07) is 10.5. The second kappa shape index (κ2) is 9.16. The molecule has 132 valence electrons.